The zero-order valence-electron chi connectivity index (χ0n) is 9.23. The lowest BCUT2D eigenvalue weighted by Gasteiger charge is -2.07. The molecular weight excluding hydrogens is 232 g/mol. The Morgan fingerprint density at radius 2 is 2.12 bits per heavy atom. The number of ether oxygens (including phenoxy) is 1. The van der Waals surface area contributed by atoms with Crippen molar-refractivity contribution in [3.63, 3.8) is 0 Å². The predicted molar refractivity (Wildman–Crippen MR) is 63.8 cm³/mol. The van der Waals surface area contributed by atoms with Gasteiger partial charge in [-0.25, -0.2) is 0 Å². The van der Waals surface area contributed by atoms with Crippen molar-refractivity contribution in [2.24, 2.45) is 0 Å². The average molecular weight is 247 g/mol. The molecule has 1 aromatic rings. The highest BCUT2D eigenvalue weighted by atomic mass is 35.5. The second-order valence-corrected chi connectivity index (χ2v) is 3.17. The molecule has 0 spiro atoms. The minimum Gasteiger partial charge on any atom is -0.380 e. The smallest absolute Gasteiger partial charge is 0.269 e. The number of hydrogen-bond donors (Lipinski definition) is 1. The van der Waals surface area contributed by atoms with Crippen LogP contribution in [0.1, 0.15) is 11.1 Å². The minimum atomic E-state index is -0.393. The van der Waals surface area contributed by atoms with E-state index in [1.54, 1.807) is 26.3 Å². The first-order valence-corrected chi connectivity index (χ1v) is 4.58. The van der Waals surface area contributed by atoms with Crippen molar-refractivity contribution in [1.82, 2.24) is 5.32 Å². The summed E-state index contributed by atoms with van der Waals surface area (Å²) >= 11 is 0. The molecule has 0 radical (unpaired) electrons. The Balaban J connectivity index is 0.00000225. The summed E-state index contributed by atoms with van der Waals surface area (Å²) in [5.41, 5.74) is 1.98. The van der Waals surface area contributed by atoms with Gasteiger partial charge in [0.2, 0.25) is 0 Å². The number of methoxy groups -OCH3 is 1. The van der Waals surface area contributed by atoms with Gasteiger partial charge in [-0.1, -0.05) is 0 Å². The number of nitro groups is 1. The molecule has 1 aromatic carbocycles. The molecule has 0 heterocycles. The normalized spacial score (nSPS) is 9.62. The summed E-state index contributed by atoms with van der Waals surface area (Å²) in [5.74, 6) is 0. The number of nitro benzene ring substituents is 1. The molecule has 0 atom stereocenters. The van der Waals surface area contributed by atoms with Gasteiger partial charge in [0.15, 0.2) is 0 Å². The van der Waals surface area contributed by atoms with Crippen LogP contribution in [0.2, 0.25) is 0 Å². The lowest BCUT2D eigenvalue weighted by atomic mass is 10.1. The maximum Gasteiger partial charge on any atom is 0.269 e. The van der Waals surface area contributed by atoms with E-state index in [4.69, 9.17) is 4.74 Å². The molecule has 0 amide bonds. The zero-order valence-corrected chi connectivity index (χ0v) is 10.0. The van der Waals surface area contributed by atoms with Crippen molar-refractivity contribution in [1.29, 1.82) is 0 Å². The highest BCUT2D eigenvalue weighted by Crippen LogP contribution is 2.18. The Morgan fingerprint density at radius 1 is 1.44 bits per heavy atom. The summed E-state index contributed by atoms with van der Waals surface area (Å²) in [6, 6.07) is 4.80. The van der Waals surface area contributed by atoms with E-state index < -0.39 is 4.92 Å². The van der Waals surface area contributed by atoms with Crippen LogP contribution in [0, 0.1) is 10.1 Å². The molecule has 16 heavy (non-hydrogen) atoms. The Hall–Kier alpha value is -1.17. The van der Waals surface area contributed by atoms with Gasteiger partial charge in [-0.15, -0.1) is 12.4 Å². The maximum atomic E-state index is 10.6. The van der Waals surface area contributed by atoms with Crippen LogP contribution >= 0.6 is 12.4 Å². The van der Waals surface area contributed by atoms with Crippen LogP contribution in [0.15, 0.2) is 18.2 Å². The highest BCUT2D eigenvalue weighted by Gasteiger charge is 2.09. The van der Waals surface area contributed by atoms with Gasteiger partial charge in [-0.05, 0) is 24.2 Å². The zero-order chi connectivity index (χ0) is 11.3. The molecule has 0 fully saturated rings. The van der Waals surface area contributed by atoms with E-state index in [0.29, 0.717) is 13.2 Å². The van der Waals surface area contributed by atoms with Crippen molar-refractivity contribution in [2.75, 3.05) is 14.2 Å². The number of hydrogen-bond acceptors (Lipinski definition) is 4. The van der Waals surface area contributed by atoms with Gasteiger partial charge in [-0.3, -0.25) is 10.1 Å². The van der Waals surface area contributed by atoms with Crippen LogP contribution in [-0.2, 0) is 17.9 Å². The number of halogens is 1. The Morgan fingerprint density at radius 3 is 2.62 bits per heavy atom. The molecule has 5 nitrogen and oxygen atoms in total. The molecule has 0 unspecified atom stereocenters. The largest absolute Gasteiger partial charge is 0.380 e. The second-order valence-electron chi connectivity index (χ2n) is 3.17. The van der Waals surface area contributed by atoms with Gasteiger partial charge in [-0.2, -0.15) is 0 Å². The van der Waals surface area contributed by atoms with Crippen molar-refractivity contribution >= 4 is 18.1 Å². The van der Waals surface area contributed by atoms with Crippen molar-refractivity contribution in [3.05, 3.63) is 39.4 Å². The van der Waals surface area contributed by atoms with Gasteiger partial charge in [0.1, 0.15) is 0 Å². The van der Waals surface area contributed by atoms with Gasteiger partial charge in [0.25, 0.3) is 5.69 Å². The number of nitrogens with zero attached hydrogens (tertiary/aromatic N) is 1. The molecule has 0 aliphatic carbocycles. The molecule has 0 aliphatic rings. The molecule has 0 bridgehead atoms. The van der Waals surface area contributed by atoms with E-state index in [1.165, 1.54) is 6.07 Å². The fourth-order valence-electron chi connectivity index (χ4n) is 1.38. The first kappa shape index (κ1) is 14.8. The number of non-ortho nitro benzene ring substituents is 1. The molecule has 0 aromatic heterocycles. The summed E-state index contributed by atoms with van der Waals surface area (Å²) in [4.78, 5) is 10.2. The van der Waals surface area contributed by atoms with Gasteiger partial charge in [0.05, 0.1) is 11.5 Å². The minimum absolute atomic E-state index is 0. The molecule has 0 saturated carbocycles. The van der Waals surface area contributed by atoms with Gasteiger partial charge < -0.3 is 10.1 Å². The fourth-order valence-corrected chi connectivity index (χ4v) is 1.38. The fraction of sp³-hybridized carbons (Fsp3) is 0.400. The Labute approximate surface area is 100 Å². The standard InChI is InChI=1S/C10H14N2O3.ClH/c1-11-6-9-5-10(12(13)14)4-3-8(9)7-15-2;/h3-5,11H,6-7H2,1-2H3;1H. The highest BCUT2D eigenvalue weighted by molar-refractivity contribution is 5.85. The number of nitrogens with one attached hydrogen (secondary N) is 1. The number of benzene rings is 1. The quantitative estimate of drug-likeness (QED) is 0.637. The summed E-state index contributed by atoms with van der Waals surface area (Å²) in [6.07, 6.45) is 0. The summed E-state index contributed by atoms with van der Waals surface area (Å²) < 4.78 is 5.02. The van der Waals surface area contributed by atoms with Crippen molar-refractivity contribution in [2.45, 2.75) is 13.2 Å². The van der Waals surface area contributed by atoms with Crippen LogP contribution in [0.5, 0.6) is 0 Å². The molecule has 90 valence electrons. The predicted octanol–water partition coefficient (Wildman–Crippen LogP) is 1.88. The third kappa shape index (κ3) is 3.77. The van der Waals surface area contributed by atoms with E-state index in [9.17, 15) is 10.1 Å². The topological polar surface area (TPSA) is 64.4 Å². The summed E-state index contributed by atoms with van der Waals surface area (Å²) in [5, 5.41) is 13.6. The average Bonchev–Trinajstić information content (AvgIpc) is 2.21. The van der Waals surface area contributed by atoms with Gasteiger partial charge >= 0.3 is 0 Å². The van der Waals surface area contributed by atoms with E-state index in [2.05, 4.69) is 5.32 Å². The van der Waals surface area contributed by atoms with Gasteiger partial charge in [0, 0.05) is 25.8 Å². The van der Waals surface area contributed by atoms with Crippen LogP contribution in [0.4, 0.5) is 5.69 Å². The van der Waals surface area contributed by atoms with Crippen LogP contribution < -0.4 is 5.32 Å². The SMILES string of the molecule is CNCc1cc([N+](=O)[O-])ccc1COC.Cl. The Bertz CT molecular complexity index is 358. The van der Waals surface area contributed by atoms with Crippen molar-refractivity contribution in [3.8, 4) is 0 Å². The monoisotopic (exact) mass is 246 g/mol. The maximum absolute atomic E-state index is 10.6. The number of rotatable bonds is 5. The third-order valence-electron chi connectivity index (χ3n) is 2.07. The molecule has 6 heteroatoms. The molecule has 1 N–H and O–H groups in total. The van der Waals surface area contributed by atoms with Crippen molar-refractivity contribution < 1.29 is 9.66 Å². The molecule has 0 aliphatic heterocycles. The lowest BCUT2D eigenvalue weighted by Crippen LogP contribution is -2.08. The van der Waals surface area contributed by atoms with Crippen LogP contribution in [0.25, 0.3) is 0 Å². The summed E-state index contributed by atoms with van der Waals surface area (Å²) in [6.45, 7) is 1.06. The summed E-state index contributed by atoms with van der Waals surface area (Å²) in [7, 11) is 3.40. The molecule has 0 saturated heterocycles. The third-order valence-corrected chi connectivity index (χ3v) is 2.07. The van der Waals surface area contributed by atoms with E-state index >= 15 is 0 Å². The molecule has 1 rings (SSSR count). The second kappa shape index (κ2) is 7.16. The van der Waals surface area contributed by atoms with Crippen LogP contribution in [-0.4, -0.2) is 19.1 Å². The first-order chi connectivity index (χ1) is 7.19. The lowest BCUT2D eigenvalue weighted by molar-refractivity contribution is -0.384. The Kier molecular flexibility index (Phi) is 6.64. The van der Waals surface area contributed by atoms with E-state index in [1.807, 2.05) is 0 Å². The molecular formula is C10H15ClN2O3. The van der Waals surface area contributed by atoms with E-state index in [-0.39, 0.29) is 18.1 Å². The van der Waals surface area contributed by atoms with E-state index in [0.717, 1.165) is 11.1 Å². The first-order valence-electron chi connectivity index (χ1n) is 4.58. The van der Waals surface area contributed by atoms with Crippen LogP contribution in [0.3, 0.4) is 0 Å².